The minimum absolute atomic E-state index is 0.159. The van der Waals surface area contributed by atoms with Crippen LogP contribution in [0.5, 0.6) is 0 Å². The minimum atomic E-state index is -0.159. The number of nitrogens with one attached hydrogen (secondary N) is 2. The quantitative estimate of drug-likeness (QED) is 0.375. The summed E-state index contributed by atoms with van der Waals surface area (Å²) < 4.78 is 0. The van der Waals surface area contributed by atoms with E-state index in [-0.39, 0.29) is 11.8 Å². The lowest BCUT2D eigenvalue weighted by Crippen LogP contribution is -2.67. The van der Waals surface area contributed by atoms with Crippen molar-refractivity contribution in [3.63, 3.8) is 0 Å². The number of terminal acetylenes is 1. The van der Waals surface area contributed by atoms with E-state index in [0.717, 1.165) is 26.1 Å². The van der Waals surface area contributed by atoms with Gasteiger partial charge in [0.25, 0.3) is 0 Å². The van der Waals surface area contributed by atoms with Gasteiger partial charge >= 0.3 is 0 Å². The monoisotopic (exact) mass is 242 g/mol. The van der Waals surface area contributed by atoms with Crippen molar-refractivity contribution in [1.82, 2.24) is 20.4 Å². The normalized spacial score (nSPS) is 37.4. The summed E-state index contributed by atoms with van der Waals surface area (Å²) >= 11 is 6.08. The van der Waals surface area contributed by atoms with E-state index in [2.05, 4.69) is 33.4 Å². The van der Waals surface area contributed by atoms with Crippen molar-refractivity contribution in [3.8, 4) is 12.3 Å². The van der Waals surface area contributed by atoms with E-state index < -0.39 is 0 Å². The molecule has 5 heteroatoms. The first-order valence-electron chi connectivity index (χ1n) is 5.73. The summed E-state index contributed by atoms with van der Waals surface area (Å²) in [5, 5.41) is 6.60. The molecule has 2 N–H and O–H groups in total. The maximum Gasteiger partial charge on any atom is 0.136 e. The molecule has 2 aliphatic rings. The molecule has 90 valence electrons. The van der Waals surface area contributed by atoms with Gasteiger partial charge in [0.05, 0.1) is 18.8 Å². The van der Waals surface area contributed by atoms with Crippen molar-refractivity contribution in [3.05, 3.63) is 0 Å². The number of hydrogen-bond acceptors (Lipinski definition) is 4. The summed E-state index contributed by atoms with van der Waals surface area (Å²) in [6.45, 7) is 3.74. The molecular formula is C11H19ClN4. The molecule has 3 atom stereocenters. The first kappa shape index (κ1) is 12.2. The van der Waals surface area contributed by atoms with Gasteiger partial charge < -0.3 is 0 Å². The maximum absolute atomic E-state index is 6.08. The van der Waals surface area contributed by atoms with Gasteiger partial charge in [0.15, 0.2) is 0 Å². The number of likely N-dealkylation sites (N-methyl/N-ethyl adjacent to an activating group) is 1. The highest BCUT2D eigenvalue weighted by Gasteiger charge is 2.36. The zero-order valence-electron chi connectivity index (χ0n) is 9.62. The van der Waals surface area contributed by atoms with Crippen molar-refractivity contribution in [2.45, 2.75) is 24.3 Å². The smallest absolute Gasteiger partial charge is 0.136 e. The second-order valence-corrected chi connectivity index (χ2v) is 4.89. The third-order valence-electron chi connectivity index (χ3n) is 3.40. The fourth-order valence-electron chi connectivity index (χ4n) is 2.52. The Balaban J connectivity index is 2.12. The van der Waals surface area contributed by atoms with E-state index in [9.17, 15) is 0 Å². The van der Waals surface area contributed by atoms with Crippen LogP contribution in [0.1, 0.15) is 6.42 Å². The standard InChI is InChI=1S/C11H19ClN4/c1-3-5-16-7-4-6-15(2)9-8-13-11(12)14-10(9)16/h1,9-11,13-14H,4-8H2,2H3. The van der Waals surface area contributed by atoms with Crippen molar-refractivity contribution in [1.29, 1.82) is 0 Å². The van der Waals surface area contributed by atoms with E-state index in [1.807, 2.05) is 0 Å². The number of alkyl halides is 1. The Morgan fingerprint density at radius 2 is 2.31 bits per heavy atom. The van der Waals surface area contributed by atoms with Crippen molar-refractivity contribution in [2.24, 2.45) is 0 Å². The molecule has 2 fully saturated rings. The first-order chi connectivity index (χ1) is 7.72. The van der Waals surface area contributed by atoms with E-state index >= 15 is 0 Å². The summed E-state index contributed by atoms with van der Waals surface area (Å²) in [5.41, 5.74) is -0.159. The van der Waals surface area contributed by atoms with Crippen LogP contribution in [0.4, 0.5) is 0 Å². The average Bonchev–Trinajstić information content (AvgIpc) is 2.40. The van der Waals surface area contributed by atoms with Crippen LogP contribution in [-0.2, 0) is 0 Å². The molecule has 0 aromatic carbocycles. The second kappa shape index (κ2) is 5.35. The van der Waals surface area contributed by atoms with Gasteiger partial charge in [-0.05, 0) is 20.0 Å². The van der Waals surface area contributed by atoms with Crippen LogP contribution in [0, 0.1) is 12.3 Å². The molecule has 0 aromatic heterocycles. The highest BCUT2D eigenvalue weighted by molar-refractivity contribution is 6.20. The van der Waals surface area contributed by atoms with Crippen LogP contribution in [0.25, 0.3) is 0 Å². The molecule has 0 aromatic rings. The first-order valence-corrected chi connectivity index (χ1v) is 6.17. The van der Waals surface area contributed by atoms with Crippen molar-refractivity contribution < 1.29 is 0 Å². The van der Waals surface area contributed by atoms with Gasteiger partial charge in [-0.2, -0.15) is 0 Å². The number of hydrogen-bond donors (Lipinski definition) is 2. The lowest BCUT2D eigenvalue weighted by Gasteiger charge is -2.43. The lowest BCUT2D eigenvalue weighted by atomic mass is 10.1. The van der Waals surface area contributed by atoms with Crippen LogP contribution >= 0.6 is 11.6 Å². The van der Waals surface area contributed by atoms with Crippen LogP contribution in [0.2, 0.25) is 0 Å². The zero-order chi connectivity index (χ0) is 11.5. The molecule has 3 unspecified atom stereocenters. The number of fused-ring (bicyclic) bond motifs is 1. The van der Waals surface area contributed by atoms with Crippen molar-refractivity contribution >= 4 is 11.6 Å². The predicted octanol–water partition coefficient (Wildman–Crippen LogP) is -0.333. The largest absolute Gasteiger partial charge is 0.299 e. The van der Waals surface area contributed by atoms with Gasteiger partial charge in [-0.15, -0.1) is 6.42 Å². The molecule has 16 heavy (non-hydrogen) atoms. The summed E-state index contributed by atoms with van der Waals surface area (Å²) in [4.78, 5) is 4.69. The Morgan fingerprint density at radius 1 is 1.50 bits per heavy atom. The molecule has 0 saturated carbocycles. The third-order valence-corrected chi connectivity index (χ3v) is 3.68. The Kier molecular flexibility index (Phi) is 4.06. The van der Waals surface area contributed by atoms with Crippen LogP contribution in [0.3, 0.4) is 0 Å². The fourth-order valence-corrected chi connectivity index (χ4v) is 2.74. The molecule has 4 nitrogen and oxygen atoms in total. The summed E-state index contributed by atoms with van der Waals surface area (Å²) in [6.07, 6.45) is 6.83. The van der Waals surface area contributed by atoms with Crippen LogP contribution in [-0.4, -0.2) is 60.9 Å². The Labute approximate surface area is 102 Å². The molecule has 2 rings (SSSR count). The summed E-state index contributed by atoms with van der Waals surface area (Å²) in [7, 11) is 2.16. The fraction of sp³-hybridized carbons (Fsp3) is 0.818. The Morgan fingerprint density at radius 3 is 3.06 bits per heavy atom. The van der Waals surface area contributed by atoms with Gasteiger partial charge in [-0.3, -0.25) is 20.4 Å². The van der Waals surface area contributed by atoms with E-state index in [1.54, 1.807) is 0 Å². The Hall–Kier alpha value is -0.310. The van der Waals surface area contributed by atoms with Crippen molar-refractivity contribution in [2.75, 3.05) is 33.2 Å². The molecule has 0 radical (unpaired) electrons. The van der Waals surface area contributed by atoms with Gasteiger partial charge in [0.2, 0.25) is 0 Å². The van der Waals surface area contributed by atoms with Gasteiger partial charge in [-0.25, -0.2) is 0 Å². The second-order valence-electron chi connectivity index (χ2n) is 4.46. The summed E-state index contributed by atoms with van der Waals surface area (Å²) in [5.74, 6) is 2.73. The third kappa shape index (κ3) is 2.50. The molecule has 0 spiro atoms. The Bertz CT molecular complexity index is 278. The zero-order valence-corrected chi connectivity index (χ0v) is 10.4. The predicted molar refractivity (Wildman–Crippen MR) is 66.0 cm³/mol. The SMILES string of the molecule is C#CCN1CCCN(C)C2CNC(Cl)NC21. The lowest BCUT2D eigenvalue weighted by molar-refractivity contribution is 0.0806. The highest BCUT2D eigenvalue weighted by Crippen LogP contribution is 2.17. The minimum Gasteiger partial charge on any atom is -0.299 e. The van der Waals surface area contributed by atoms with E-state index in [4.69, 9.17) is 18.0 Å². The number of rotatable bonds is 1. The topological polar surface area (TPSA) is 30.5 Å². The van der Waals surface area contributed by atoms with E-state index in [1.165, 1.54) is 0 Å². The highest BCUT2D eigenvalue weighted by atomic mass is 35.5. The molecule has 2 saturated heterocycles. The number of nitrogens with zero attached hydrogens (tertiary/aromatic N) is 2. The molecule has 0 bridgehead atoms. The summed E-state index contributed by atoms with van der Waals surface area (Å²) in [6, 6.07) is 0.436. The number of halogens is 1. The van der Waals surface area contributed by atoms with E-state index in [0.29, 0.717) is 12.6 Å². The molecule has 2 aliphatic heterocycles. The van der Waals surface area contributed by atoms with Gasteiger partial charge in [0, 0.05) is 13.1 Å². The average molecular weight is 243 g/mol. The van der Waals surface area contributed by atoms with Crippen LogP contribution in [0.15, 0.2) is 0 Å². The van der Waals surface area contributed by atoms with Gasteiger partial charge in [-0.1, -0.05) is 17.5 Å². The molecule has 0 amide bonds. The maximum atomic E-state index is 6.08. The molecular weight excluding hydrogens is 224 g/mol. The molecule has 0 aliphatic carbocycles. The van der Waals surface area contributed by atoms with Gasteiger partial charge in [0.1, 0.15) is 5.62 Å². The van der Waals surface area contributed by atoms with Crippen LogP contribution < -0.4 is 10.6 Å². The molecule has 2 heterocycles.